The predicted molar refractivity (Wildman–Crippen MR) is 57.5 cm³/mol. The maximum atomic E-state index is 11.6. The third-order valence-electron chi connectivity index (χ3n) is 2.01. The quantitative estimate of drug-likeness (QED) is 0.716. The molecule has 0 aliphatic rings. The van der Waals surface area contributed by atoms with Gasteiger partial charge in [0.1, 0.15) is 0 Å². The lowest BCUT2D eigenvalue weighted by Crippen LogP contribution is -2.31. The summed E-state index contributed by atoms with van der Waals surface area (Å²) in [4.78, 5) is 0. The van der Waals surface area contributed by atoms with Crippen molar-refractivity contribution in [3.05, 3.63) is 18.0 Å². The molecule has 86 valence electrons. The molecule has 0 bridgehead atoms. The summed E-state index contributed by atoms with van der Waals surface area (Å²) < 4.78 is 26.0. The van der Waals surface area contributed by atoms with E-state index < -0.39 is 10.0 Å². The molecule has 0 aliphatic heterocycles. The molecule has 0 saturated heterocycles. The molecule has 7 heteroatoms. The van der Waals surface area contributed by atoms with Crippen molar-refractivity contribution < 1.29 is 8.42 Å². The van der Waals surface area contributed by atoms with Crippen molar-refractivity contribution in [2.75, 3.05) is 19.3 Å². The third kappa shape index (κ3) is 3.29. The minimum atomic E-state index is -3.23. The minimum absolute atomic E-state index is 0.0240. The Morgan fingerprint density at radius 1 is 1.60 bits per heavy atom. The number of aryl methyl sites for hydroxylation is 1. The summed E-state index contributed by atoms with van der Waals surface area (Å²) in [6.07, 6.45) is 3.43. The van der Waals surface area contributed by atoms with Crippen LogP contribution in [0.5, 0.6) is 0 Å². The van der Waals surface area contributed by atoms with E-state index in [1.54, 1.807) is 24.1 Å². The van der Waals surface area contributed by atoms with Gasteiger partial charge in [-0.25, -0.2) is 12.7 Å². The normalized spacial score (nSPS) is 12.3. The topological polar surface area (TPSA) is 81.2 Å². The lowest BCUT2D eigenvalue weighted by atomic mass is 10.4. The van der Waals surface area contributed by atoms with Gasteiger partial charge in [-0.1, -0.05) is 0 Å². The molecule has 0 fully saturated rings. The summed E-state index contributed by atoms with van der Waals surface area (Å²) in [5.41, 5.74) is 6.09. The van der Waals surface area contributed by atoms with Crippen LogP contribution in [0.25, 0.3) is 0 Å². The van der Waals surface area contributed by atoms with Crippen LogP contribution in [0.3, 0.4) is 0 Å². The van der Waals surface area contributed by atoms with E-state index in [0.29, 0.717) is 6.54 Å². The molecule has 1 rings (SSSR count). The molecule has 0 unspecified atom stereocenters. The maximum absolute atomic E-state index is 11.6. The van der Waals surface area contributed by atoms with Gasteiger partial charge in [0.2, 0.25) is 10.0 Å². The van der Waals surface area contributed by atoms with E-state index in [1.165, 1.54) is 11.4 Å². The molecule has 0 atom stereocenters. The standard InChI is InChI=1S/C8H16N4O2S/c1-11-6-8(5-10-11)7-12(2)15(13,14)4-3-9/h5-6H,3-4,7,9H2,1-2H3. The molecule has 1 aromatic heterocycles. The van der Waals surface area contributed by atoms with Gasteiger partial charge in [0.25, 0.3) is 0 Å². The monoisotopic (exact) mass is 232 g/mol. The smallest absolute Gasteiger partial charge is 0.215 e. The molecule has 0 amide bonds. The highest BCUT2D eigenvalue weighted by atomic mass is 32.2. The minimum Gasteiger partial charge on any atom is -0.329 e. The summed E-state index contributed by atoms with van der Waals surface area (Å²) in [6.45, 7) is 0.468. The molecule has 0 spiro atoms. The average molecular weight is 232 g/mol. The van der Waals surface area contributed by atoms with E-state index >= 15 is 0 Å². The zero-order chi connectivity index (χ0) is 11.5. The van der Waals surface area contributed by atoms with E-state index in [4.69, 9.17) is 5.73 Å². The molecule has 0 saturated carbocycles. The summed E-state index contributed by atoms with van der Waals surface area (Å²) in [5, 5.41) is 3.97. The van der Waals surface area contributed by atoms with Crippen molar-refractivity contribution in [2.24, 2.45) is 12.8 Å². The van der Waals surface area contributed by atoms with Crippen LogP contribution >= 0.6 is 0 Å². The first kappa shape index (κ1) is 12.2. The number of hydrogen-bond donors (Lipinski definition) is 1. The van der Waals surface area contributed by atoms with Crippen molar-refractivity contribution in [3.8, 4) is 0 Å². The number of sulfonamides is 1. The summed E-state index contributed by atoms with van der Waals surface area (Å²) in [6, 6.07) is 0. The molecule has 1 heterocycles. The fourth-order valence-electron chi connectivity index (χ4n) is 1.21. The number of rotatable bonds is 5. The number of nitrogens with two attached hydrogens (primary N) is 1. The second-order valence-electron chi connectivity index (χ2n) is 3.38. The van der Waals surface area contributed by atoms with Crippen LogP contribution in [-0.2, 0) is 23.6 Å². The first-order valence-corrected chi connectivity index (χ1v) is 6.18. The van der Waals surface area contributed by atoms with Gasteiger partial charge in [-0.05, 0) is 0 Å². The lowest BCUT2D eigenvalue weighted by molar-refractivity contribution is 0.467. The number of nitrogens with zero attached hydrogens (tertiary/aromatic N) is 3. The first-order chi connectivity index (χ1) is 6.95. The van der Waals surface area contributed by atoms with Crippen LogP contribution in [0.2, 0.25) is 0 Å². The molecule has 0 aromatic carbocycles. The third-order valence-corrected chi connectivity index (χ3v) is 3.84. The highest BCUT2D eigenvalue weighted by Crippen LogP contribution is 2.05. The van der Waals surface area contributed by atoms with Crippen LogP contribution in [-0.4, -0.2) is 41.8 Å². The maximum Gasteiger partial charge on any atom is 0.215 e. The summed E-state index contributed by atoms with van der Waals surface area (Å²) >= 11 is 0. The van der Waals surface area contributed by atoms with Crippen molar-refractivity contribution in [1.29, 1.82) is 0 Å². The van der Waals surface area contributed by atoms with Gasteiger partial charge in [0, 0.05) is 38.9 Å². The highest BCUT2D eigenvalue weighted by Gasteiger charge is 2.17. The fourth-order valence-corrected chi connectivity index (χ4v) is 2.17. The Morgan fingerprint density at radius 2 is 2.27 bits per heavy atom. The van der Waals surface area contributed by atoms with Gasteiger partial charge >= 0.3 is 0 Å². The van der Waals surface area contributed by atoms with Crippen LogP contribution in [0.4, 0.5) is 0 Å². The first-order valence-electron chi connectivity index (χ1n) is 4.57. The van der Waals surface area contributed by atoms with E-state index in [1.807, 2.05) is 0 Å². The highest BCUT2D eigenvalue weighted by molar-refractivity contribution is 7.89. The molecule has 0 aliphatic carbocycles. The van der Waals surface area contributed by atoms with Crippen LogP contribution < -0.4 is 5.73 Å². The molecule has 15 heavy (non-hydrogen) atoms. The average Bonchev–Trinajstić information content (AvgIpc) is 2.51. The van der Waals surface area contributed by atoms with Crippen LogP contribution in [0, 0.1) is 0 Å². The molecular weight excluding hydrogens is 216 g/mol. The van der Waals surface area contributed by atoms with E-state index in [2.05, 4.69) is 5.10 Å². The Hall–Kier alpha value is -0.920. The Balaban J connectivity index is 2.67. The summed E-state index contributed by atoms with van der Waals surface area (Å²) in [5.74, 6) is -0.0240. The fraction of sp³-hybridized carbons (Fsp3) is 0.625. The SMILES string of the molecule is CN(Cc1cnn(C)c1)S(=O)(=O)CCN. The zero-order valence-electron chi connectivity index (χ0n) is 8.92. The van der Waals surface area contributed by atoms with Crippen LogP contribution in [0.15, 0.2) is 12.4 Å². The van der Waals surface area contributed by atoms with Gasteiger partial charge in [-0.15, -0.1) is 0 Å². The van der Waals surface area contributed by atoms with E-state index in [9.17, 15) is 8.42 Å². The van der Waals surface area contributed by atoms with Gasteiger partial charge < -0.3 is 5.73 Å². The predicted octanol–water partition coefficient (Wildman–Crippen LogP) is -0.860. The molecule has 2 N–H and O–H groups in total. The second-order valence-corrected chi connectivity index (χ2v) is 5.58. The van der Waals surface area contributed by atoms with Gasteiger partial charge in [-0.2, -0.15) is 5.10 Å². The molecule has 6 nitrogen and oxygen atoms in total. The van der Waals surface area contributed by atoms with Crippen molar-refractivity contribution in [3.63, 3.8) is 0 Å². The largest absolute Gasteiger partial charge is 0.329 e. The van der Waals surface area contributed by atoms with E-state index in [-0.39, 0.29) is 12.3 Å². The molecule has 1 aromatic rings. The Labute approximate surface area is 89.7 Å². The molecule has 0 radical (unpaired) electrons. The zero-order valence-corrected chi connectivity index (χ0v) is 9.74. The van der Waals surface area contributed by atoms with Crippen molar-refractivity contribution in [1.82, 2.24) is 14.1 Å². The Morgan fingerprint density at radius 3 is 2.73 bits per heavy atom. The number of aromatic nitrogens is 2. The van der Waals surface area contributed by atoms with Gasteiger partial charge in [0.15, 0.2) is 0 Å². The van der Waals surface area contributed by atoms with Crippen LogP contribution in [0.1, 0.15) is 5.56 Å². The Kier molecular flexibility index (Phi) is 3.83. The second kappa shape index (κ2) is 4.73. The van der Waals surface area contributed by atoms with Gasteiger partial charge in [0.05, 0.1) is 11.9 Å². The molecular formula is C8H16N4O2S. The van der Waals surface area contributed by atoms with Gasteiger partial charge in [-0.3, -0.25) is 4.68 Å². The van der Waals surface area contributed by atoms with Crippen molar-refractivity contribution >= 4 is 10.0 Å². The number of hydrogen-bond acceptors (Lipinski definition) is 4. The van der Waals surface area contributed by atoms with Crippen molar-refractivity contribution in [2.45, 2.75) is 6.54 Å². The Bertz CT molecular complexity index is 412. The lowest BCUT2D eigenvalue weighted by Gasteiger charge is -2.15. The van der Waals surface area contributed by atoms with E-state index in [0.717, 1.165) is 5.56 Å². The summed E-state index contributed by atoms with van der Waals surface area (Å²) in [7, 11) is 0.101.